The van der Waals surface area contributed by atoms with Crippen LogP contribution in [0, 0.1) is 0 Å². The minimum atomic E-state index is -1.26. The molecule has 1 aliphatic heterocycles. The van der Waals surface area contributed by atoms with Crippen LogP contribution in [-0.4, -0.2) is 27.3 Å². The predicted molar refractivity (Wildman–Crippen MR) is 114 cm³/mol. The maximum absolute atomic E-state index is 12.9. The molecule has 146 valence electrons. The van der Waals surface area contributed by atoms with Crippen LogP contribution < -0.4 is 4.72 Å². The van der Waals surface area contributed by atoms with Gasteiger partial charge in [0, 0.05) is 0 Å². The van der Waals surface area contributed by atoms with Crippen LogP contribution in [0.15, 0.2) is 42.5 Å². The molecule has 1 heterocycles. The standard InChI is InChI=1S/C21H30BNO3S/c1-19(2,3)27(24)23-18(22-25-20(4,5)21(6,7)26-22)17-13-12-15-10-8-9-11-16(15)14-17/h8-14,18,23H,1-7H3/t18-,27+/m0/s1. The van der Waals surface area contributed by atoms with Gasteiger partial charge in [0.15, 0.2) is 0 Å². The molecular weight excluding hydrogens is 357 g/mol. The van der Waals surface area contributed by atoms with Crippen LogP contribution in [0.4, 0.5) is 0 Å². The van der Waals surface area contributed by atoms with E-state index in [4.69, 9.17) is 9.31 Å². The van der Waals surface area contributed by atoms with Crippen molar-refractivity contribution < 1.29 is 13.5 Å². The van der Waals surface area contributed by atoms with E-state index in [0.717, 1.165) is 10.9 Å². The molecule has 1 saturated heterocycles. The second-order valence-corrected chi connectivity index (χ2v) is 11.2. The SMILES string of the molecule is CC(C)(C)[S@@](=O)N[C@H](B1OC(C)(C)C(C)(C)O1)c1ccc2ccccc2c1. The highest BCUT2D eigenvalue weighted by Crippen LogP contribution is 2.40. The fourth-order valence-corrected chi connectivity index (χ4v) is 3.83. The Labute approximate surface area is 165 Å². The van der Waals surface area contributed by atoms with E-state index in [1.54, 1.807) is 0 Å². The fraction of sp³-hybridized carbons (Fsp3) is 0.524. The summed E-state index contributed by atoms with van der Waals surface area (Å²) in [4.78, 5) is 0. The Bertz CT molecular complexity index is 844. The van der Waals surface area contributed by atoms with E-state index in [-0.39, 0.29) is 5.94 Å². The maximum Gasteiger partial charge on any atom is 0.481 e. The van der Waals surface area contributed by atoms with Crippen LogP contribution >= 0.6 is 0 Å². The summed E-state index contributed by atoms with van der Waals surface area (Å²) in [5.41, 5.74) is 0.111. The molecule has 0 aliphatic carbocycles. The van der Waals surface area contributed by atoms with Gasteiger partial charge in [-0.1, -0.05) is 42.5 Å². The third kappa shape index (κ3) is 4.14. The van der Waals surface area contributed by atoms with Gasteiger partial charge < -0.3 is 9.31 Å². The fourth-order valence-electron chi connectivity index (χ4n) is 3.00. The zero-order chi connectivity index (χ0) is 20.0. The second kappa shape index (κ2) is 7.00. The molecule has 3 rings (SSSR count). The van der Waals surface area contributed by atoms with E-state index in [2.05, 4.69) is 35.1 Å². The highest BCUT2D eigenvalue weighted by atomic mass is 32.2. The van der Waals surface area contributed by atoms with E-state index < -0.39 is 34.1 Å². The van der Waals surface area contributed by atoms with Gasteiger partial charge in [0.25, 0.3) is 0 Å². The molecule has 2 aromatic rings. The average molecular weight is 387 g/mol. The Morgan fingerprint density at radius 3 is 2.07 bits per heavy atom. The van der Waals surface area contributed by atoms with Gasteiger partial charge in [-0.2, -0.15) is 0 Å². The molecule has 2 aromatic carbocycles. The van der Waals surface area contributed by atoms with E-state index in [9.17, 15) is 4.21 Å². The lowest BCUT2D eigenvalue weighted by atomic mass is 9.74. The van der Waals surface area contributed by atoms with Gasteiger partial charge in [-0.05, 0) is 64.8 Å². The lowest BCUT2D eigenvalue weighted by molar-refractivity contribution is 0.00578. The van der Waals surface area contributed by atoms with Gasteiger partial charge in [-0.3, -0.25) is 0 Å². The van der Waals surface area contributed by atoms with Crippen LogP contribution in [0.2, 0.25) is 0 Å². The summed E-state index contributed by atoms with van der Waals surface area (Å²) in [6.45, 7) is 14.0. The Morgan fingerprint density at radius 2 is 1.52 bits per heavy atom. The number of hydrogen-bond acceptors (Lipinski definition) is 3. The van der Waals surface area contributed by atoms with Crippen molar-refractivity contribution in [1.29, 1.82) is 0 Å². The first kappa shape index (κ1) is 20.5. The summed E-state index contributed by atoms with van der Waals surface area (Å²) in [5, 5.41) is 2.31. The molecule has 0 unspecified atom stereocenters. The van der Waals surface area contributed by atoms with Gasteiger partial charge in [0.2, 0.25) is 0 Å². The monoisotopic (exact) mass is 387 g/mol. The van der Waals surface area contributed by atoms with Crippen molar-refractivity contribution in [3.8, 4) is 0 Å². The number of rotatable bonds is 4. The van der Waals surface area contributed by atoms with Gasteiger partial charge in [0.1, 0.15) is 0 Å². The molecule has 1 fully saturated rings. The third-order valence-electron chi connectivity index (χ3n) is 5.47. The van der Waals surface area contributed by atoms with E-state index in [0.29, 0.717) is 0 Å². The summed E-state index contributed by atoms with van der Waals surface area (Å²) >= 11 is 0. The van der Waals surface area contributed by atoms with E-state index in [1.165, 1.54) is 5.39 Å². The predicted octanol–water partition coefficient (Wildman–Crippen LogP) is 4.56. The van der Waals surface area contributed by atoms with Gasteiger partial charge in [0.05, 0.1) is 32.9 Å². The average Bonchev–Trinajstić information content (AvgIpc) is 2.78. The maximum atomic E-state index is 12.9. The minimum Gasteiger partial charge on any atom is -0.402 e. The van der Waals surface area contributed by atoms with Crippen LogP contribution in [-0.2, 0) is 20.3 Å². The third-order valence-corrected chi connectivity index (χ3v) is 7.05. The molecule has 1 aliphatic rings. The second-order valence-electron chi connectivity index (χ2n) is 9.21. The van der Waals surface area contributed by atoms with E-state index in [1.807, 2.05) is 60.6 Å². The number of hydrogen-bond donors (Lipinski definition) is 1. The lowest BCUT2D eigenvalue weighted by Crippen LogP contribution is -2.43. The van der Waals surface area contributed by atoms with Crippen LogP contribution in [0.1, 0.15) is 60.0 Å². The highest BCUT2D eigenvalue weighted by Gasteiger charge is 2.54. The molecule has 0 bridgehead atoms. The Hall–Kier alpha value is -1.21. The first-order valence-corrected chi connectivity index (χ1v) is 10.6. The summed E-state index contributed by atoms with van der Waals surface area (Å²) in [6, 6.07) is 14.5. The molecule has 4 nitrogen and oxygen atoms in total. The molecule has 2 atom stereocenters. The largest absolute Gasteiger partial charge is 0.481 e. The molecule has 1 N–H and O–H groups in total. The van der Waals surface area contributed by atoms with Crippen LogP contribution in [0.5, 0.6) is 0 Å². The van der Waals surface area contributed by atoms with Crippen molar-refractivity contribution in [3.05, 3.63) is 48.0 Å². The Kier molecular flexibility index (Phi) is 5.32. The zero-order valence-corrected chi connectivity index (χ0v) is 18.1. The van der Waals surface area contributed by atoms with Crippen LogP contribution in [0.25, 0.3) is 10.8 Å². The summed E-state index contributed by atoms with van der Waals surface area (Å²) in [7, 11) is -1.78. The number of fused-ring (bicyclic) bond motifs is 1. The normalized spacial score (nSPS) is 21.4. The lowest BCUT2D eigenvalue weighted by Gasteiger charge is -2.32. The van der Waals surface area contributed by atoms with Crippen molar-refractivity contribution in [1.82, 2.24) is 4.72 Å². The molecule has 0 spiro atoms. The summed E-state index contributed by atoms with van der Waals surface area (Å²) < 4.78 is 28.3. The van der Waals surface area contributed by atoms with Crippen molar-refractivity contribution in [2.45, 2.75) is 70.4 Å². The summed E-state index contributed by atoms with van der Waals surface area (Å²) in [6.07, 6.45) is 0. The highest BCUT2D eigenvalue weighted by molar-refractivity contribution is 7.84. The number of benzene rings is 2. The molecule has 0 amide bonds. The first-order chi connectivity index (χ1) is 12.4. The minimum absolute atomic E-state index is 0.337. The van der Waals surface area contributed by atoms with Gasteiger partial charge >= 0.3 is 7.12 Å². The van der Waals surface area contributed by atoms with Crippen molar-refractivity contribution in [2.24, 2.45) is 0 Å². The molecule has 0 radical (unpaired) electrons. The Morgan fingerprint density at radius 1 is 0.963 bits per heavy atom. The van der Waals surface area contributed by atoms with E-state index >= 15 is 0 Å². The smallest absolute Gasteiger partial charge is 0.402 e. The molecule has 0 aromatic heterocycles. The quantitative estimate of drug-likeness (QED) is 0.783. The topological polar surface area (TPSA) is 47.6 Å². The Balaban J connectivity index is 2.00. The molecular formula is C21H30BNO3S. The number of nitrogens with one attached hydrogen (secondary N) is 1. The van der Waals surface area contributed by atoms with Crippen molar-refractivity contribution in [2.75, 3.05) is 0 Å². The first-order valence-electron chi connectivity index (χ1n) is 9.43. The van der Waals surface area contributed by atoms with Crippen LogP contribution in [0.3, 0.4) is 0 Å². The van der Waals surface area contributed by atoms with Gasteiger partial charge in [-0.15, -0.1) is 0 Å². The molecule has 6 heteroatoms. The molecule has 0 saturated carbocycles. The van der Waals surface area contributed by atoms with Crippen molar-refractivity contribution >= 4 is 28.9 Å². The summed E-state index contributed by atoms with van der Waals surface area (Å²) in [5.74, 6) is -0.337. The molecule has 27 heavy (non-hydrogen) atoms. The zero-order valence-electron chi connectivity index (χ0n) is 17.3. The van der Waals surface area contributed by atoms with Crippen molar-refractivity contribution in [3.63, 3.8) is 0 Å². The van der Waals surface area contributed by atoms with Gasteiger partial charge in [-0.25, -0.2) is 8.93 Å².